The molecule has 7 heteroatoms. The van der Waals surface area contributed by atoms with Gasteiger partial charge in [-0.15, -0.1) is 0 Å². The van der Waals surface area contributed by atoms with Crippen molar-refractivity contribution in [1.29, 1.82) is 0 Å². The molecule has 7 nitrogen and oxygen atoms in total. The molecular weight excluding hydrogens is 334 g/mol. The van der Waals surface area contributed by atoms with Crippen molar-refractivity contribution in [2.45, 2.75) is 19.3 Å². The molecule has 0 aromatic heterocycles. The highest BCUT2D eigenvalue weighted by Crippen LogP contribution is 2.21. The number of benzene rings is 1. The van der Waals surface area contributed by atoms with Crippen LogP contribution in [0.1, 0.15) is 19.3 Å². The van der Waals surface area contributed by atoms with Crippen molar-refractivity contribution in [3.05, 3.63) is 24.3 Å². The van der Waals surface area contributed by atoms with Crippen molar-refractivity contribution in [2.75, 3.05) is 63.8 Å². The molecule has 0 unspecified atom stereocenters. The van der Waals surface area contributed by atoms with Gasteiger partial charge >= 0.3 is 11.8 Å². The van der Waals surface area contributed by atoms with Crippen LogP contribution in [-0.2, 0) is 19.1 Å². The fourth-order valence-electron chi connectivity index (χ4n) is 2.95. The number of anilines is 2. The Morgan fingerprint density at radius 1 is 1.00 bits per heavy atom. The van der Waals surface area contributed by atoms with E-state index in [4.69, 9.17) is 9.47 Å². The lowest BCUT2D eigenvalue weighted by molar-refractivity contribution is -0.144. The van der Waals surface area contributed by atoms with E-state index >= 15 is 0 Å². The van der Waals surface area contributed by atoms with E-state index < -0.39 is 11.8 Å². The second-order valence-corrected chi connectivity index (χ2v) is 6.33. The van der Waals surface area contributed by atoms with E-state index in [-0.39, 0.29) is 0 Å². The van der Waals surface area contributed by atoms with Crippen LogP contribution >= 0.6 is 0 Å². The Morgan fingerprint density at radius 2 is 1.58 bits per heavy atom. The summed E-state index contributed by atoms with van der Waals surface area (Å²) in [6.07, 6.45) is 3.72. The normalized spacial score (nSPS) is 14.2. The van der Waals surface area contributed by atoms with Gasteiger partial charge in [0.1, 0.15) is 0 Å². The van der Waals surface area contributed by atoms with Crippen LogP contribution in [0.15, 0.2) is 24.3 Å². The Labute approximate surface area is 155 Å². The predicted molar refractivity (Wildman–Crippen MR) is 101 cm³/mol. The maximum absolute atomic E-state index is 12.4. The number of carbonyl (C=O) groups excluding carboxylic acids is 2. The second kappa shape index (κ2) is 10.8. The first-order valence-corrected chi connectivity index (χ1v) is 9.09. The minimum atomic E-state index is -0.650. The molecule has 1 aromatic rings. The van der Waals surface area contributed by atoms with Gasteiger partial charge in [-0.1, -0.05) is 0 Å². The molecule has 1 aliphatic rings. The van der Waals surface area contributed by atoms with Crippen molar-refractivity contribution in [3.8, 4) is 0 Å². The fraction of sp³-hybridized carbons (Fsp3) is 0.579. The molecular formula is C19H29N3O4. The molecule has 1 N–H and O–H groups in total. The van der Waals surface area contributed by atoms with Gasteiger partial charge < -0.3 is 24.6 Å². The molecule has 2 amide bonds. The number of hydrogen-bond acceptors (Lipinski definition) is 5. The summed E-state index contributed by atoms with van der Waals surface area (Å²) < 4.78 is 10.0. The third-order valence-electron chi connectivity index (χ3n) is 4.46. The number of nitrogens with one attached hydrogen (secondary N) is 1. The lowest BCUT2D eigenvalue weighted by Gasteiger charge is -2.28. The number of carbonyl (C=O) groups is 2. The monoisotopic (exact) mass is 363 g/mol. The molecule has 1 saturated heterocycles. The molecule has 0 radical (unpaired) electrons. The average Bonchev–Trinajstić information content (AvgIpc) is 2.69. The van der Waals surface area contributed by atoms with Gasteiger partial charge in [0.2, 0.25) is 0 Å². The molecule has 0 atom stereocenters. The van der Waals surface area contributed by atoms with Gasteiger partial charge in [0.15, 0.2) is 0 Å². The number of piperidine rings is 1. The summed E-state index contributed by atoms with van der Waals surface area (Å²) >= 11 is 0. The van der Waals surface area contributed by atoms with E-state index in [1.165, 1.54) is 24.2 Å². The molecule has 1 aliphatic heterocycles. The fourth-order valence-corrected chi connectivity index (χ4v) is 2.95. The molecule has 0 saturated carbocycles. The van der Waals surface area contributed by atoms with E-state index in [9.17, 15) is 9.59 Å². The van der Waals surface area contributed by atoms with E-state index in [0.29, 0.717) is 32.0 Å². The largest absolute Gasteiger partial charge is 0.383 e. The first-order chi connectivity index (χ1) is 12.7. The van der Waals surface area contributed by atoms with Gasteiger partial charge in [0.25, 0.3) is 0 Å². The maximum atomic E-state index is 12.4. The molecule has 0 bridgehead atoms. The van der Waals surface area contributed by atoms with Crippen molar-refractivity contribution in [1.82, 2.24) is 4.90 Å². The standard InChI is InChI=1S/C19H29N3O4/c1-25-14-12-22(13-15-26-2)19(24)18(23)20-16-6-8-17(9-7-16)21-10-4-3-5-11-21/h6-9H,3-5,10-15H2,1-2H3,(H,20,23). The molecule has 0 aliphatic carbocycles. The first-order valence-electron chi connectivity index (χ1n) is 9.09. The van der Waals surface area contributed by atoms with Gasteiger partial charge in [-0.2, -0.15) is 0 Å². The Morgan fingerprint density at radius 3 is 2.12 bits per heavy atom. The van der Waals surface area contributed by atoms with Crippen LogP contribution in [0.2, 0.25) is 0 Å². The quantitative estimate of drug-likeness (QED) is 0.713. The highest BCUT2D eigenvalue weighted by Gasteiger charge is 2.21. The Kier molecular flexibility index (Phi) is 8.37. The lowest BCUT2D eigenvalue weighted by Crippen LogP contribution is -2.43. The van der Waals surface area contributed by atoms with Gasteiger partial charge in [-0.25, -0.2) is 0 Å². The summed E-state index contributed by atoms with van der Waals surface area (Å²) in [7, 11) is 3.12. The topological polar surface area (TPSA) is 71.1 Å². The molecule has 0 spiro atoms. The van der Waals surface area contributed by atoms with E-state index in [1.807, 2.05) is 24.3 Å². The average molecular weight is 363 g/mol. The SMILES string of the molecule is COCCN(CCOC)C(=O)C(=O)Nc1ccc(N2CCCCC2)cc1. The summed E-state index contributed by atoms with van der Waals surface area (Å²) in [5.74, 6) is -1.23. The molecule has 1 heterocycles. The third kappa shape index (κ3) is 6.00. The van der Waals surface area contributed by atoms with E-state index in [0.717, 1.165) is 18.8 Å². The maximum Gasteiger partial charge on any atom is 0.313 e. The van der Waals surface area contributed by atoms with Crippen LogP contribution in [0, 0.1) is 0 Å². The molecule has 1 aromatic carbocycles. The van der Waals surface area contributed by atoms with Gasteiger partial charge in [0, 0.05) is 51.8 Å². The van der Waals surface area contributed by atoms with Crippen molar-refractivity contribution < 1.29 is 19.1 Å². The molecule has 1 fully saturated rings. The Bertz CT molecular complexity index is 563. The van der Waals surface area contributed by atoms with Crippen LogP contribution in [0.3, 0.4) is 0 Å². The van der Waals surface area contributed by atoms with Crippen LogP contribution in [0.4, 0.5) is 11.4 Å². The minimum Gasteiger partial charge on any atom is -0.383 e. The zero-order valence-corrected chi connectivity index (χ0v) is 15.7. The highest BCUT2D eigenvalue weighted by atomic mass is 16.5. The van der Waals surface area contributed by atoms with Crippen LogP contribution in [-0.4, -0.2) is 70.3 Å². The Hall–Kier alpha value is -2.12. The summed E-state index contributed by atoms with van der Waals surface area (Å²) in [6, 6.07) is 7.64. The van der Waals surface area contributed by atoms with Gasteiger partial charge in [0.05, 0.1) is 13.2 Å². The zero-order chi connectivity index (χ0) is 18.8. The highest BCUT2D eigenvalue weighted by molar-refractivity contribution is 6.39. The predicted octanol–water partition coefficient (Wildman–Crippen LogP) is 1.74. The summed E-state index contributed by atoms with van der Waals surface area (Å²) in [5, 5.41) is 2.67. The van der Waals surface area contributed by atoms with Crippen molar-refractivity contribution >= 4 is 23.2 Å². The molecule has 144 valence electrons. The number of rotatable bonds is 8. The molecule has 26 heavy (non-hydrogen) atoms. The number of amides is 2. The summed E-state index contributed by atoms with van der Waals surface area (Å²) in [5.41, 5.74) is 1.76. The smallest absolute Gasteiger partial charge is 0.313 e. The second-order valence-electron chi connectivity index (χ2n) is 6.33. The molecule has 2 rings (SSSR count). The third-order valence-corrected chi connectivity index (χ3v) is 4.46. The number of hydrogen-bond donors (Lipinski definition) is 1. The first kappa shape index (κ1) is 20.2. The Balaban J connectivity index is 1.92. The van der Waals surface area contributed by atoms with Gasteiger partial charge in [-0.05, 0) is 43.5 Å². The van der Waals surface area contributed by atoms with E-state index in [1.54, 1.807) is 14.2 Å². The minimum absolute atomic E-state index is 0.347. The summed E-state index contributed by atoms with van der Waals surface area (Å²) in [4.78, 5) is 28.4. The number of ether oxygens (including phenoxy) is 2. The van der Waals surface area contributed by atoms with Crippen LogP contribution in [0.25, 0.3) is 0 Å². The van der Waals surface area contributed by atoms with Crippen molar-refractivity contribution in [2.24, 2.45) is 0 Å². The lowest BCUT2D eigenvalue weighted by atomic mass is 10.1. The number of nitrogens with zero attached hydrogens (tertiary/aromatic N) is 2. The van der Waals surface area contributed by atoms with Crippen molar-refractivity contribution in [3.63, 3.8) is 0 Å². The van der Waals surface area contributed by atoms with Gasteiger partial charge in [-0.3, -0.25) is 9.59 Å². The van der Waals surface area contributed by atoms with Crippen LogP contribution < -0.4 is 10.2 Å². The zero-order valence-electron chi connectivity index (χ0n) is 15.7. The number of methoxy groups -OCH3 is 2. The van der Waals surface area contributed by atoms with Crippen LogP contribution in [0.5, 0.6) is 0 Å². The summed E-state index contributed by atoms with van der Waals surface area (Å²) in [6.45, 7) is 3.57. The van der Waals surface area contributed by atoms with E-state index in [2.05, 4.69) is 10.2 Å².